The van der Waals surface area contributed by atoms with Gasteiger partial charge in [-0.25, -0.2) is 4.99 Å². The van der Waals surface area contributed by atoms with Gasteiger partial charge in [0, 0.05) is 6.54 Å². The minimum absolute atomic E-state index is 0. The molecule has 0 fully saturated rings. The second-order valence-electron chi connectivity index (χ2n) is 5.40. The first kappa shape index (κ1) is 20.4. The first-order valence-corrected chi connectivity index (χ1v) is 8.02. The van der Waals surface area contributed by atoms with Crippen LogP contribution in [0.3, 0.4) is 0 Å². The summed E-state index contributed by atoms with van der Waals surface area (Å²) in [5.74, 6) is 0.775. The van der Waals surface area contributed by atoms with E-state index in [1.807, 2.05) is 49.4 Å². The topological polar surface area (TPSA) is 56.7 Å². The number of aliphatic imine (C=N–C) groups is 1. The van der Waals surface area contributed by atoms with Crippen LogP contribution >= 0.6 is 24.0 Å². The molecule has 0 heterocycles. The predicted molar refractivity (Wildman–Crippen MR) is 111 cm³/mol. The summed E-state index contributed by atoms with van der Waals surface area (Å²) in [4.78, 5) is 4.64. The third kappa shape index (κ3) is 6.13. The first-order chi connectivity index (χ1) is 11.2. The molecule has 2 aromatic carbocycles. The van der Waals surface area contributed by atoms with Crippen LogP contribution in [0, 0.1) is 0 Å². The lowest BCUT2D eigenvalue weighted by Gasteiger charge is -2.18. The SMILES string of the molecule is CCNC(=NCc1ccccc1CO)NC(C)c1ccccc1.I. The van der Waals surface area contributed by atoms with Crippen molar-refractivity contribution in [2.75, 3.05) is 6.54 Å². The monoisotopic (exact) mass is 439 g/mol. The molecule has 2 rings (SSSR count). The number of aliphatic hydroxyl groups is 1. The van der Waals surface area contributed by atoms with Gasteiger partial charge in [0.25, 0.3) is 0 Å². The van der Waals surface area contributed by atoms with Gasteiger partial charge in [0.1, 0.15) is 0 Å². The molecule has 0 spiro atoms. The molecule has 130 valence electrons. The van der Waals surface area contributed by atoms with Crippen LogP contribution in [0.5, 0.6) is 0 Å². The van der Waals surface area contributed by atoms with Crippen LogP contribution in [-0.4, -0.2) is 17.6 Å². The smallest absolute Gasteiger partial charge is 0.192 e. The Balaban J connectivity index is 0.00000288. The molecule has 1 unspecified atom stereocenters. The van der Waals surface area contributed by atoms with Crippen molar-refractivity contribution in [3.63, 3.8) is 0 Å². The molecule has 0 bridgehead atoms. The zero-order valence-corrected chi connectivity index (χ0v) is 16.5. The molecule has 3 N–H and O–H groups in total. The average molecular weight is 439 g/mol. The largest absolute Gasteiger partial charge is 0.392 e. The summed E-state index contributed by atoms with van der Waals surface area (Å²) in [6.07, 6.45) is 0. The molecule has 0 aliphatic rings. The van der Waals surface area contributed by atoms with Crippen molar-refractivity contribution < 1.29 is 5.11 Å². The molecule has 4 nitrogen and oxygen atoms in total. The van der Waals surface area contributed by atoms with Crippen molar-refractivity contribution in [3.8, 4) is 0 Å². The van der Waals surface area contributed by atoms with Crippen LogP contribution in [-0.2, 0) is 13.2 Å². The van der Waals surface area contributed by atoms with Gasteiger partial charge in [-0.15, -0.1) is 24.0 Å². The van der Waals surface area contributed by atoms with Gasteiger partial charge in [0.2, 0.25) is 0 Å². The Kier molecular flexibility index (Phi) is 9.41. The maximum Gasteiger partial charge on any atom is 0.192 e. The van der Waals surface area contributed by atoms with Gasteiger partial charge < -0.3 is 15.7 Å². The fraction of sp³-hybridized carbons (Fsp3) is 0.316. The molecule has 0 amide bonds. The highest BCUT2D eigenvalue weighted by Gasteiger charge is 2.07. The normalized spacial score (nSPS) is 12.2. The van der Waals surface area contributed by atoms with Gasteiger partial charge in [-0.3, -0.25) is 0 Å². The van der Waals surface area contributed by atoms with Crippen LogP contribution in [0.4, 0.5) is 0 Å². The molecule has 0 aliphatic heterocycles. The van der Waals surface area contributed by atoms with E-state index in [-0.39, 0.29) is 36.6 Å². The van der Waals surface area contributed by atoms with Crippen molar-refractivity contribution in [2.45, 2.75) is 33.0 Å². The van der Waals surface area contributed by atoms with Gasteiger partial charge in [0.05, 0.1) is 19.2 Å². The molecular formula is C19H26IN3O. The zero-order chi connectivity index (χ0) is 16.5. The fourth-order valence-electron chi connectivity index (χ4n) is 2.38. The van der Waals surface area contributed by atoms with Crippen LogP contribution in [0.15, 0.2) is 59.6 Å². The summed E-state index contributed by atoms with van der Waals surface area (Å²) < 4.78 is 0. The van der Waals surface area contributed by atoms with Gasteiger partial charge in [-0.1, -0.05) is 54.6 Å². The Labute approximate surface area is 161 Å². The lowest BCUT2D eigenvalue weighted by Crippen LogP contribution is -2.38. The van der Waals surface area contributed by atoms with Gasteiger partial charge in [-0.05, 0) is 30.5 Å². The second-order valence-corrected chi connectivity index (χ2v) is 5.40. The van der Waals surface area contributed by atoms with E-state index in [2.05, 4.69) is 34.7 Å². The Morgan fingerprint density at radius 2 is 1.67 bits per heavy atom. The van der Waals surface area contributed by atoms with Crippen LogP contribution in [0.25, 0.3) is 0 Å². The number of hydrogen-bond acceptors (Lipinski definition) is 2. The fourth-order valence-corrected chi connectivity index (χ4v) is 2.38. The van der Waals surface area contributed by atoms with E-state index < -0.39 is 0 Å². The van der Waals surface area contributed by atoms with Crippen molar-refractivity contribution in [1.29, 1.82) is 0 Å². The summed E-state index contributed by atoms with van der Waals surface area (Å²) >= 11 is 0. The maximum absolute atomic E-state index is 9.40. The van der Waals surface area contributed by atoms with Gasteiger partial charge in [0.15, 0.2) is 5.96 Å². The van der Waals surface area contributed by atoms with E-state index in [4.69, 9.17) is 0 Å². The Bertz CT molecular complexity index is 632. The van der Waals surface area contributed by atoms with Crippen molar-refractivity contribution in [3.05, 3.63) is 71.3 Å². The van der Waals surface area contributed by atoms with E-state index in [0.29, 0.717) is 6.54 Å². The Hall–Kier alpha value is -1.60. The van der Waals surface area contributed by atoms with Crippen LogP contribution in [0.1, 0.15) is 36.6 Å². The highest BCUT2D eigenvalue weighted by molar-refractivity contribution is 14.0. The van der Waals surface area contributed by atoms with Crippen molar-refractivity contribution in [1.82, 2.24) is 10.6 Å². The zero-order valence-electron chi connectivity index (χ0n) is 14.2. The van der Waals surface area contributed by atoms with Gasteiger partial charge in [-0.2, -0.15) is 0 Å². The minimum atomic E-state index is 0. The van der Waals surface area contributed by atoms with Crippen LogP contribution < -0.4 is 10.6 Å². The average Bonchev–Trinajstić information content (AvgIpc) is 2.60. The number of halogens is 1. The molecule has 5 heteroatoms. The number of benzene rings is 2. The summed E-state index contributed by atoms with van der Waals surface area (Å²) in [5, 5.41) is 16.1. The quantitative estimate of drug-likeness (QED) is 0.366. The van der Waals surface area contributed by atoms with E-state index >= 15 is 0 Å². The standard InChI is InChI=1S/C19H25N3O.HI/c1-3-20-19(22-15(2)16-9-5-4-6-10-16)21-13-17-11-7-8-12-18(17)14-23;/h4-12,15,23H,3,13-14H2,1-2H3,(H2,20,21,22);1H. The number of rotatable bonds is 6. The van der Waals surface area contributed by atoms with E-state index in [9.17, 15) is 5.11 Å². The molecular weight excluding hydrogens is 413 g/mol. The molecule has 1 atom stereocenters. The predicted octanol–water partition coefficient (Wildman–Crippen LogP) is 3.61. The molecule has 0 saturated heterocycles. The van der Waals surface area contributed by atoms with Crippen molar-refractivity contribution >= 4 is 29.9 Å². The highest BCUT2D eigenvalue weighted by atomic mass is 127. The third-order valence-corrected chi connectivity index (χ3v) is 3.69. The molecule has 2 aromatic rings. The first-order valence-electron chi connectivity index (χ1n) is 8.02. The van der Waals surface area contributed by atoms with E-state index in [0.717, 1.165) is 23.6 Å². The second kappa shape index (κ2) is 11.0. The lowest BCUT2D eigenvalue weighted by atomic mass is 10.1. The van der Waals surface area contributed by atoms with Gasteiger partial charge >= 0.3 is 0 Å². The molecule has 0 saturated carbocycles. The number of nitrogens with zero attached hydrogens (tertiary/aromatic N) is 1. The van der Waals surface area contributed by atoms with Crippen LogP contribution in [0.2, 0.25) is 0 Å². The lowest BCUT2D eigenvalue weighted by molar-refractivity contribution is 0.280. The van der Waals surface area contributed by atoms with Crippen molar-refractivity contribution in [2.24, 2.45) is 4.99 Å². The summed E-state index contributed by atoms with van der Waals surface area (Å²) in [6.45, 7) is 5.54. The third-order valence-electron chi connectivity index (χ3n) is 3.69. The summed E-state index contributed by atoms with van der Waals surface area (Å²) in [7, 11) is 0. The summed E-state index contributed by atoms with van der Waals surface area (Å²) in [6, 6.07) is 18.3. The molecule has 0 radical (unpaired) electrons. The number of guanidine groups is 1. The van der Waals surface area contributed by atoms with E-state index in [1.165, 1.54) is 5.56 Å². The Morgan fingerprint density at radius 1 is 1.04 bits per heavy atom. The van der Waals surface area contributed by atoms with E-state index in [1.54, 1.807) is 0 Å². The maximum atomic E-state index is 9.40. The Morgan fingerprint density at radius 3 is 2.29 bits per heavy atom. The highest BCUT2D eigenvalue weighted by Crippen LogP contribution is 2.12. The summed E-state index contributed by atoms with van der Waals surface area (Å²) in [5.41, 5.74) is 3.18. The minimum Gasteiger partial charge on any atom is -0.392 e. The number of aliphatic hydroxyl groups excluding tert-OH is 1. The molecule has 0 aliphatic carbocycles. The number of hydrogen-bond donors (Lipinski definition) is 3. The number of nitrogens with one attached hydrogen (secondary N) is 2. The molecule has 24 heavy (non-hydrogen) atoms. The molecule has 0 aromatic heterocycles.